The van der Waals surface area contributed by atoms with Crippen molar-refractivity contribution in [1.29, 1.82) is 0 Å². The molecule has 0 bridgehead atoms. The molecule has 1 aromatic rings. The van der Waals surface area contributed by atoms with E-state index in [1.165, 1.54) is 7.11 Å². The first kappa shape index (κ1) is 11.0. The van der Waals surface area contributed by atoms with E-state index < -0.39 is 11.9 Å². The fourth-order valence-corrected chi connectivity index (χ4v) is 0.919. The summed E-state index contributed by atoms with van der Waals surface area (Å²) in [5.74, 6) is -1.04. The number of carbonyl (C=O) groups excluding carboxylic acids is 2. The van der Waals surface area contributed by atoms with Crippen LogP contribution in [0.4, 0.5) is 5.69 Å². The number of nitrogens with zero attached hydrogens (tertiary/aromatic N) is 1. The first-order chi connectivity index (χ1) is 7.06. The van der Waals surface area contributed by atoms with E-state index in [1.807, 2.05) is 0 Å². The highest BCUT2D eigenvalue weighted by molar-refractivity contribution is 5.98. The monoisotopic (exact) mass is 212 g/mol. The second-order valence-corrected chi connectivity index (χ2v) is 2.87. The lowest BCUT2D eigenvalue weighted by atomic mass is 10.3. The molecule has 0 aromatic carbocycles. The number of aryl methyl sites for hydroxylation is 1. The van der Waals surface area contributed by atoms with Gasteiger partial charge in [-0.3, -0.25) is 14.7 Å². The minimum absolute atomic E-state index is 0.0800. The van der Waals surface area contributed by atoms with Crippen molar-refractivity contribution in [2.24, 2.45) is 0 Å². The number of esters is 1. The normalized spacial score (nSPS) is 9.73. The van der Waals surface area contributed by atoms with Crippen LogP contribution < -0.4 is 11.1 Å². The molecule has 1 amide bonds. The number of nitrogens with two attached hydrogens (primary N) is 1. The number of hydrogen-bond acceptors (Lipinski definition) is 5. The van der Waals surface area contributed by atoms with Crippen LogP contribution in [0.5, 0.6) is 0 Å². The highest BCUT2D eigenvalue weighted by atomic mass is 16.5. The Bertz CT molecular complexity index is 385. The van der Waals surface area contributed by atoms with Gasteiger partial charge in [-0.05, 0) is 6.92 Å². The summed E-state index contributed by atoms with van der Waals surface area (Å²) >= 11 is 0. The van der Waals surface area contributed by atoms with E-state index in [-0.39, 0.29) is 17.9 Å². The van der Waals surface area contributed by atoms with Crippen LogP contribution in [0.3, 0.4) is 0 Å². The zero-order valence-corrected chi connectivity index (χ0v) is 8.46. The van der Waals surface area contributed by atoms with Crippen LogP contribution in [0.2, 0.25) is 0 Å². The average Bonchev–Trinajstić information content (AvgIpc) is 2.56. The summed E-state index contributed by atoms with van der Waals surface area (Å²) in [6.07, 6.45) is 0. The van der Waals surface area contributed by atoms with E-state index in [0.29, 0.717) is 5.69 Å². The van der Waals surface area contributed by atoms with E-state index in [4.69, 9.17) is 5.73 Å². The zero-order valence-electron chi connectivity index (χ0n) is 8.46. The number of anilines is 1. The molecule has 15 heavy (non-hydrogen) atoms. The Hall–Kier alpha value is -2.05. The van der Waals surface area contributed by atoms with Gasteiger partial charge in [0.25, 0.3) is 5.91 Å². The number of ether oxygens (including phenoxy) is 1. The first-order valence-electron chi connectivity index (χ1n) is 4.21. The predicted molar refractivity (Wildman–Crippen MR) is 52.1 cm³/mol. The smallest absolute Gasteiger partial charge is 0.325 e. The third kappa shape index (κ3) is 2.46. The number of carbonyl (C=O) groups is 2. The van der Waals surface area contributed by atoms with Crippen LogP contribution in [-0.2, 0) is 9.53 Å². The number of H-pyrrole nitrogens is 1. The molecule has 0 atom stereocenters. The van der Waals surface area contributed by atoms with Gasteiger partial charge in [0.2, 0.25) is 0 Å². The zero-order chi connectivity index (χ0) is 11.4. The van der Waals surface area contributed by atoms with Crippen molar-refractivity contribution in [3.8, 4) is 0 Å². The Morgan fingerprint density at radius 2 is 2.27 bits per heavy atom. The summed E-state index contributed by atoms with van der Waals surface area (Å²) in [5, 5.41) is 8.60. The SMILES string of the molecule is COC(=O)CNC(=O)c1n[nH]c(C)c1N. The standard InChI is InChI=1S/C8H12N4O3/c1-4-6(9)7(12-11-4)8(14)10-3-5(13)15-2/h3,9H2,1-2H3,(H,10,14)(H,11,12). The lowest BCUT2D eigenvalue weighted by molar-refractivity contribution is -0.139. The van der Waals surface area contributed by atoms with Crippen LogP contribution in [-0.4, -0.2) is 35.7 Å². The topological polar surface area (TPSA) is 110 Å². The second kappa shape index (κ2) is 4.45. The molecular formula is C8H12N4O3. The van der Waals surface area contributed by atoms with E-state index in [2.05, 4.69) is 20.3 Å². The van der Waals surface area contributed by atoms with Gasteiger partial charge in [-0.2, -0.15) is 5.10 Å². The molecule has 0 aliphatic heterocycles. The summed E-state index contributed by atoms with van der Waals surface area (Å²) in [6.45, 7) is 1.49. The second-order valence-electron chi connectivity index (χ2n) is 2.87. The van der Waals surface area contributed by atoms with Crippen molar-refractivity contribution in [3.63, 3.8) is 0 Å². The van der Waals surface area contributed by atoms with E-state index in [1.54, 1.807) is 6.92 Å². The lowest BCUT2D eigenvalue weighted by Crippen LogP contribution is -2.30. The van der Waals surface area contributed by atoms with Crippen molar-refractivity contribution in [1.82, 2.24) is 15.5 Å². The molecule has 82 valence electrons. The maximum absolute atomic E-state index is 11.4. The minimum Gasteiger partial charge on any atom is -0.468 e. The van der Waals surface area contributed by atoms with Gasteiger partial charge in [0.05, 0.1) is 18.5 Å². The van der Waals surface area contributed by atoms with Crippen molar-refractivity contribution >= 4 is 17.6 Å². The van der Waals surface area contributed by atoms with Crippen LogP contribution >= 0.6 is 0 Å². The molecule has 0 aliphatic carbocycles. The number of rotatable bonds is 3. The molecule has 0 spiro atoms. The summed E-state index contributed by atoms with van der Waals surface area (Å²) in [6, 6.07) is 0. The Morgan fingerprint density at radius 3 is 2.73 bits per heavy atom. The molecule has 1 rings (SSSR count). The molecular weight excluding hydrogens is 200 g/mol. The third-order valence-electron chi connectivity index (χ3n) is 1.83. The summed E-state index contributed by atoms with van der Waals surface area (Å²) in [5.41, 5.74) is 6.54. The Labute approximate surface area is 86.0 Å². The highest BCUT2D eigenvalue weighted by Gasteiger charge is 2.15. The van der Waals surface area contributed by atoms with Crippen LogP contribution in [0.15, 0.2) is 0 Å². The number of aromatic amines is 1. The average molecular weight is 212 g/mol. The van der Waals surface area contributed by atoms with Crippen molar-refractivity contribution in [2.45, 2.75) is 6.92 Å². The maximum atomic E-state index is 11.4. The van der Waals surface area contributed by atoms with Gasteiger partial charge in [0.15, 0.2) is 5.69 Å². The van der Waals surface area contributed by atoms with E-state index >= 15 is 0 Å². The molecule has 0 radical (unpaired) electrons. The molecule has 0 saturated heterocycles. The molecule has 0 fully saturated rings. The number of aromatic nitrogens is 2. The fourth-order valence-electron chi connectivity index (χ4n) is 0.919. The Kier molecular flexibility index (Phi) is 3.27. The number of methoxy groups -OCH3 is 1. The number of amides is 1. The van der Waals surface area contributed by atoms with Gasteiger partial charge in [-0.15, -0.1) is 0 Å². The molecule has 7 nitrogen and oxygen atoms in total. The maximum Gasteiger partial charge on any atom is 0.325 e. The number of hydrogen-bond donors (Lipinski definition) is 3. The minimum atomic E-state index is -0.533. The van der Waals surface area contributed by atoms with Gasteiger partial charge in [-0.25, -0.2) is 0 Å². The Balaban J connectivity index is 2.62. The fraction of sp³-hybridized carbons (Fsp3) is 0.375. The van der Waals surface area contributed by atoms with Gasteiger partial charge in [0.1, 0.15) is 6.54 Å². The first-order valence-corrected chi connectivity index (χ1v) is 4.21. The van der Waals surface area contributed by atoms with Gasteiger partial charge >= 0.3 is 5.97 Å². The van der Waals surface area contributed by atoms with Crippen LogP contribution in [0.1, 0.15) is 16.2 Å². The molecule has 0 aliphatic rings. The lowest BCUT2D eigenvalue weighted by Gasteiger charge is -2.01. The summed E-state index contributed by atoms with van der Waals surface area (Å²) in [4.78, 5) is 22.2. The summed E-state index contributed by atoms with van der Waals surface area (Å²) in [7, 11) is 1.24. The molecule has 1 aromatic heterocycles. The van der Waals surface area contributed by atoms with Gasteiger partial charge < -0.3 is 15.8 Å². The molecule has 7 heteroatoms. The van der Waals surface area contributed by atoms with Gasteiger partial charge in [0, 0.05) is 0 Å². The number of nitrogen functional groups attached to an aromatic ring is 1. The molecule has 0 unspecified atom stereocenters. The molecule has 0 saturated carbocycles. The van der Waals surface area contributed by atoms with Crippen LogP contribution in [0.25, 0.3) is 0 Å². The van der Waals surface area contributed by atoms with Crippen molar-refractivity contribution in [3.05, 3.63) is 11.4 Å². The van der Waals surface area contributed by atoms with Gasteiger partial charge in [-0.1, -0.05) is 0 Å². The Morgan fingerprint density at radius 1 is 1.60 bits per heavy atom. The predicted octanol–water partition coefficient (Wildman–Crippen LogP) is -0.797. The quantitative estimate of drug-likeness (QED) is 0.568. The number of nitrogens with one attached hydrogen (secondary N) is 2. The summed E-state index contributed by atoms with van der Waals surface area (Å²) < 4.78 is 4.36. The highest BCUT2D eigenvalue weighted by Crippen LogP contribution is 2.11. The van der Waals surface area contributed by atoms with E-state index in [9.17, 15) is 9.59 Å². The van der Waals surface area contributed by atoms with Crippen molar-refractivity contribution < 1.29 is 14.3 Å². The van der Waals surface area contributed by atoms with Crippen molar-refractivity contribution in [2.75, 3.05) is 19.4 Å². The molecule has 1 heterocycles. The largest absolute Gasteiger partial charge is 0.468 e. The molecule has 4 N–H and O–H groups in total. The third-order valence-corrected chi connectivity index (χ3v) is 1.83. The van der Waals surface area contributed by atoms with Crippen LogP contribution in [0, 0.1) is 6.92 Å². The van der Waals surface area contributed by atoms with E-state index in [0.717, 1.165) is 0 Å².